The molecule has 6 heteroatoms. The summed E-state index contributed by atoms with van der Waals surface area (Å²) in [5, 5.41) is 2.82. The van der Waals surface area contributed by atoms with Crippen LogP contribution in [0.2, 0.25) is 0 Å². The zero-order valence-electron chi connectivity index (χ0n) is 17.0. The first-order valence-corrected chi connectivity index (χ1v) is 10.1. The topological polar surface area (TPSA) is 61.9 Å². The van der Waals surface area contributed by atoms with E-state index in [-0.39, 0.29) is 24.7 Å². The van der Waals surface area contributed by atoms with Gasteiger partial charge in [0.1, 0.15) is 12.4 Å². The molecule has 0 radical (unpaired) electrons. The Kier molecular flexibility index (Phi) is 7.64. The summed E-state index contributed by atoms with van der Waals surface area (Å²) in [6.45, 7) is 6.60. The van der Waals surface area contributed by atoms with E-state index in [4.69, 9.17) is 4.74 Å². The van der Waals surface area contributed by atoms with Gasteiger partial charge >= 0.3 is 0 Å². The molecule has 1 aliphatic rings. The van der Waals surface area contributed by atoms with Crippen molar-refractivity contribution >= 4 is 17.5 Å². The number of nitrogens with one attached hydrogen (secondary N) is 1. The van der Waals surface area contributed by atoms with E-state index < -0.39 is 0 Å². The van der Waals surface area contributed by atoms with E-state index in [0.717, 1.165) is 31.1 Å². The van der Waals surface area contributed by atoms with Crippen molar-refractivity contribution in [3.63, 3.8) is 0 Å². The van der Waals surface area contributed by atoms with Gasteiger partial charge in [-0.25, -0.2) is 0 Å². The number of amides is 2. The molecule has 154 valence electrons. The van der Waals surface area contributed by atoms with Crippen LogP contribution in [0, 0.1) is 6.92 Å². The van der Waals surface area contributed by atoms with E-state index >= 15 is 0 Å². The average Bonchev–Trinajstić information content (AvgIpc) is 2.75. The molecule has 1 saturated heterocycles. The van der Waals surface area contributed by atoms with Crippen LogP contribution in [-0.4, -0.2) is 60.9 Å². The molecule has 2 amide bonds. The maximum atomic E-state index is 12.4. The molecule has 0 aromatic heterocycles. The van der Waals surface area contributed by atoms with Gasteiger partial charge in [-0.2, -0.15) is 0 Å². The first kappa shape index (κ1) is 20.9. The second-order valence-electron chi connectivity index (χ2n) is 7.30. The highest BCUT2D eigenvalue weighted by Gasteiger charge is 2.21. The van der Waals surface area contributed by atoms with Crippen molar-refractivity contribution in [2.45, 2.75) is 19.8 Å². The van der Waals surface area contributed by atoms with E-state index in [1.165, 1.54) is 5.56 Å². The second-order valence-corrected chi connectivity index (χ2v) is 7.30. The van der Waals surface area contributed by atoms with Crippen molar-refractivity contribution in [1.29, 1.82) is 0 Å². The Bertz CT molecular complexity index is 785. The first-order chi connectivity index (χ1) is 14.1. The number of para-hydroxylation sites is 1. The summed E-state index contributed by atoms with van der Waals surface area (Å²) < 4.78 is 5.79. The zero-order valence-corrected chi connectivity index (χ0v) is 17.0. The molecule has 0 aliphatic carbocycles. The van der Waals surface area contributed by atoms with E-state index in [0.29, 0.717) is 19.7 Å². The Hall–Kier alpha value is -2.86. The van der Waals surface area contributed by atoms with Crippen LogP contribution in [-0.2, 0) is 9.59 Å². The van der Waals surface area contributed by atoms with Gasteiger partial charge in [-0.1, -0.05) is 35.9 Å². The molecule has 2 aromatic carbocycles. The SMILES string of the molecule is Cc1ccc(OCCN2CCN(C(=O)CCC(=O)Nc3ccccc3)CC2)cc1. The Morgan fingerprint density at radius 1 is 0.931 bits per heavy atom. The monoisotopic (exact) mass is 395 g/mol. The third-order valence-corrected chi connectivity index (χ3v) is 5.05. The maximum Gasteiger partial charge on any atom is 0.224 e. The van der Waals surface area contributed by atoms with Gasteiger partial charge in [0.25, 0.3) is 0 Å². The van der Waals surface area contributed by atoms with Gasteiger partial charge in [-0.3, -0.25) is 14.5 Å². The summed E-state index contributed by atoms with van der Waals surface area (Å²) in [6, 6.07) is 17.4. The molecule has 3 rings (SSSR count). The summed E-state index contributed by atoms with van der Waals surface area (Å²) in [7, 11) is 0. The number of hydrogen-bond acceptors (Lipinski definition) is 4. The number of ether oxygens (including phenoxy) is 1. The number of piperazine rings is 1. The summed E-state index contributed by atoms with van der Waals surface area (Å²) >= 11 is 0. The van der Waals surface area contributed by atoms with Crippen LogP contribution < -0.4 is 10.1 Å². The molecular formula is C23H29N3O3. The van der Waals surface area contributed by atoms with Crippen molar-refractivity contribution in [3.8, 4) is 5.75 Å². The molecule has 0 spiro atoms. The lowest BCUT2D eigenvalue weighted by atomic mass is 10.2. The quantitative estimate of drug-likeness (QED) is 0.747. The van der Waals surface area contributed by atoms with E-state index in [1.807, 2.05) is 59.5 Å². The summed E-state index contributed by atoms with van der Waals surface area (Å²) in [5.41, 5.74) is 1.97. The van der Waals surface area contributed by atoms with Crippen LogP contribution in [0.5, 0.6) is 5.75 Å². The van der Waals surface area contributed by atoms with Gasteiger partial charge in [0.05, 0.1) is 0 Å². The number of benzene rings is 2. The lowest BCUT2D eigenvalue weighted by Gasteiger charge is -2.34. The molecule has 6 nitrogen and oxygen atoms in total. The molecule has 0 bridgehead atoms. The largest absolute Gasteiger partial charge is 0.492 e. The third-order valence-electron chi connectivity index (χ3n) is 5.05. The Balaban J connectivity index is 1.30. The number of hydrogen-bond donors (Lipinski definition) is 1. The Labute approximate surface area is 172 Å². The van der Waals surface area contributed by atoms with Crippen LogP contribution in [0.4, 0.5) is 5.69 Å². The average molecular weight is 396 g/mol. The molecule has 2 aromatic rings. The van der Waals surface area contributed by atoms with Crippen LogP contribution in [0.3, 0.4) is 0 Å². The minimum atomic E-state index is -0.128. The van der Waals surface area contributed by atoms with Crippen molar-refractivity contribution in [2.75, 3.05) is 44.6 Å². The first-order valence-electron chi connectivity index (χ1n) is 10.1. The lowest BCUT2D eigenvalue weighted by Crippen LogP contribution is -2.49. The minimum absolute atomic E-state index is 0.0452. The predicted molar refractivity (Wildman–Crippen MR) is 114 cm³/mol. The van der Waals surface area contributed by atoms with E-state index in [9.17, 15) is 9.59 Å². The number of aryl methyl sites for hydroxylation is 1. The molecule has 1 aliphatic heterocycles. The molecule has 1 N–H and O–H groups in total. The molecule has 0 saturated carbocycles. The molecule has 29 heavy (non-hydrogen) atoms. The molecule has 1 fully saturated rings. The maximum absolute atomic E-state index is 12.4. The molecular weight excluding hydrogens is 366 g/mol. The highest BCUT2D eigenvalue weighted by atomic mass is 16.5. The van der Waals surface area contributed by atoms with Crippen molar-refractivity contribution in [3.05, 3.63) is 60.2 Å². The van der Waals surface area contributed by atoms with E-state index in [2.05, 4.69) is 17.1 Å². The van der Waals surface area contributed by atoms with Gasteiger partial charge in [0.15, 0.2) is 0 Å². The smallest absolute Gasteiger partial charge is 0.224 e. The molecule has 0 unspecified atom stereocenters. The molecule has 0 atom stereocenters. The van der Waals surface area contributed by atoms with Gasteiger partial charge in [-0.05, 0) is 31.2 Å². The number of anilines is 1. The number of nitrogens with zero attached hydrogens (tertiary/aromatic N) is 2. The van der Waals surface area contributed by atoms with Gasteiger partial charge in [0, 0.05) is 51.3 Å². The van der Waals surface area contributed by atoms with Gasteiger partial charge in [-0.15, -0.1) is 0 Å². The predicted octanol–water partition coefficient (Wildman–Crippen LogP) is 2.94. The Morgan fingerprint density at radius 2 is 1.62 bits per heavy atom. The van der Waals surface area contributed by atoms with Gasteiger partial charge in [0.2, 0.25) is 11.8 Å². The minimum Gasteiger partial charge on any atom is -0.492 e. The number of carbonyl (C=O) groups excluding carboxylic acids is 2. The number of rotatable bonds is 8. The fraction of sp³-hybridized carbons (Fsp3) is 0.391. The van der Waals surface area contributed by atoms with Crippen LogP contribution in [0.15, 0.2) is 54.6 Å². The van der Waals surface area contributed by atoms with Crippen molar-refractivity contribution in [1.82, 2.24) is 9.80 Å². The van der Waals surface area contributed by atoms with Crippen LogP contribution in [0.1, 0.15) is 18.4 Å². The lowest BCUT2D eigenvalue weighted by molar-refractivity contribution is -0.134. The zero-order chi connectivity index (χ0) is 20.5. The Morgan fingerprint density at radius 3 is 2.31 bits per heavy atom. The standard InChI is InChI=1S/C23H29N3O3/c1-19-7-9-21(10-8-19)29-18-17-25-13-15-26(16-14-25)23(28)12-11-22(27)24-20-5-3-2-4-6-20/h2-10H,11-18H2,1H3,(H,24,27). The third kappa shape index (κ3) is 6.91. The second kappa shape index (κ2) is 10.6. The van der Waals surface area contributed by atoms with Crippen LogP contribution in [0.25, 0.3) is 0 Å². The highest BCUT2D eigenvalue weighted by Crippen LogP contribution is 2.12. The molecule has 1 heterocycles. The summed E-state index contributed by atoms with van der Waals surface area (Å²) in [4.78, 5) is 28.6. The van der Waals surface area contributed by atoms with Gasteiger partial charge < -0.3 is 15.0 Å². The summed E-state index contributed by atoms with van der Waals surface area (Å²) in [6.07, 6.45) is 0.452. The highest BCUT2D eigenvalue weighted by molar-refractivity contribution is 5.93. The normalized spacial score (nSPS) is 14.4. The fourth-order valence-electron chi connectivity index (χ4n) is 3.27. The number of carbonyl (C=O) groups is 2. The van der Waals surface area contributed by atoms with Crippen molar-refractivity contribution in [2.24, 2.45) is 0 Å². The van der Waals surface area contributed by atoms with Crippen molar-refractivity contribution < 1.29 is 14.3 Å². The van der Waals surface area contributed by atoms with Crippen LogP contribution >= 0.6 is 0 Å². The van der Waals surface area contributed by atoms with E-state index in [1.54, 1.807) is 0 Å². The summed E-state index contributed by atoms with van der Waals surface area (Å²) in [5.74, 6) is 0.804. The fourth-order valence-corrected chi connectivity index (χ4v) is 3.27.